The molecule has 1 atom stereocenters. The molecule has 4 aromatic rings. The van der Waals surface area contributed by atoms with Gasteiger partial charge in [-0.05, 0) is 42.9 Å². The lowest BCUT2D eigenvalue weighted by Gasteiger charge is -2.17. The van der Waals surface area contributed by atoms with Crippen molar-refractivity contribution in [1.29, 1.82) is 0 Å². The summed E-state index contributed by atoms with van der Waals surface area (Å²) in [5, 5.41) is 17.3. The van der Waals surface area contributed by atoms with Crippen LogP contribution in [-0.2, 0) is 13.0 Å². The number of hydrogen-bond acceptors (Lipinski definition) is 5. The Morgan fingerprint density at radius 3 is 2.93 bits per heavy atom. The van der Waals surface area contributed by atoms with Gasteiger partial charge in [0.05, 0.1) is 23.8 Å². The van der Waals surface area contributed by atoms with Crippen LogP contribution >= 0.6 is 0 Å². The van der Waals surface area contributed by atoms with Gasteiger partial charge in [-0.2, -0.15) is 10.2 Å². The van der Waals surface area contributed by atoms with Gasteiger partial charge in [-0.25, -0.2) is 9.67 Å². The second-order valence-corrected chi connectivity index (χ2v) is 8.01. The minimum absolute atomic E-state index is 0.0445. The zero-order valence-electron chi connectivity index (χ0n) is 16.8. The standard InChI is InChI=1S/C23H25N5O2/c29-23-22-18(5-3-7-20(22)17-6-4-12-27(30)13-9-17)15-24-28(23)14-10-19-16-26-11-2-1-8-21(26)25-19/h1-3,5,7-8,11,15-17,30H,4,6,9-10,12-14H2. The molecular weight excluding hydrogens is 378 g/mol. The van der Waals surface area contributed by atoms with Crippen LogP contribution in [0.4, 0.5) is 0 Å². The minimum atomic E-state index is -0.0445. The van der Waals surface area contributed by atoms with Crippen molar-refractivity contribution >= 4 is 16.4 Å². The molecule has 1 aliphatic rings. The van der Waals surface area contributed by atoms with Crippen LogP contribution in [0.15, 0.2) is 59.8 Å². The first kappa shape index (κ1) is 19.0. The molecule has 154 valence electrons. The maximum atomic E-state index is 13.4. The van der Waals surface area contributed by atoms with Crippen LogP contribution in [0.2, 0.25) is 0 Å². The fourth-order valence-electron chi connectivity index (χ4n) is 4.48. The number of hydrogen-bond donors (Lipinski definition) is 1. The highest BCUT2D eigenvalue weighted by Gasteiger charge is 2.21. The van der Waals surface area contributed by atoms with E-state index in [9.17, 15) is 10.0 Å². The Labute approximate surface area is 174 Å². The molecule has 0 aliphatic carbocycles. The Balaban J connectivity index is 1.46. The lowest BCUT2D eigenvalue weighted by atomic mass is 9.89. The van der Waals surface area contributed by atoms with Crippen molar-refractivity contribution in [1.82, 2.24) is 24.2 Å². The number of nitrogens with zero attached hydrogens (tertiary/aromatic N) is 5. The summed E-state index contributed by atoms with van der Waals surface area (Å²) in [5.41, 5.74) is 2.88. The van der Waals surface area contributed by atoms with E-state index in [0.717, 1.165) is 46.9 Å². The molecule has 1 saturated heterocycles. The molecule has 1 fully saturated rings. The van der Waals surface area contributed by atoms with Gasteiger partial charge in [0.2, 0.25) is 0 Å². The Kier molecular flexibility index (Phi) is 5.06. The van der Waals surface area contributed by atoms with Gasteiger partial charge in [0.15, 0.2) is 0 Å². The third-order valence-corrected chi connectivity index (χ3v) is 6.05. The first-order valence-electron chi connectivity index (χ1n) is 10.5. The molecule has 1 unspecified atom stereocenters. The molecule has 30 heavy (non-hydrogen) atoms. The maximum Gasteiger partial charge on any atom is 0.274 e. The quantitative estimate of drug-likeness (QED) is 0.566. The van der Waals surface area contributed by atoms with E-state index in [-0.39, 0.29) is 11.5 Å². The zero-order chi connectivity index (χ0) is 20.5. The normalized spacial score (nSPS) is 18.1. The highest BCUT2D eigenvalue weighted by Crippen LogP contribution is 2.31. The SMILES string of the molecule is O=c1c2c(C3CCCN(O)CC3)cccc2cnn1CCc1cn2ccccc2n1. The van der Waals surface area contributed by atoms with E-state index in [1.165, 1.54) is 5.06 Å². The summed E-state index contributed by atoms with van der Waals surface area (Å²) in [6, 6.07) is 11.9. The van der Waals surface area contributed by atoms with Gasteiger partial charge in [0.1, 0.15) is 5.65 Å². The molecule has 0 radical (unpaired) electrons. The van der Waals surface area contributed by atoms with Crippen molar-refractivity contribution in [3.63, 3.8) is 0 Å². The van der Waals surface area contributed by atoms with Crippen molar-refractivity contribution in [2.45, 2.75) is 38.1 Å². The summed E-state index contributed by atoms with van der Waals surface area (Å²) in [5.74, 6) is 0.271. The Morgan fingerprint density at radius 2 is 2.03 bits per heavy atom. The van der Waals surface area contributed by atoms with E-state index >= 15 is 0 Å². The van der Waals surface area contributed by atoms with Crippen molar-refractivity contribution in [2.24, 2.45) is 0 Å². The predicted octanol–water partition coefficient (Wildman–Crippen LogP) is 3.25. The van der Waals surface area contributed by atoms with Gasteiger partial charge in [0, 0.05) is 37.3 Å². The van der Waals surface area contributed by atoms with E-state index in [1.54, 1.807) is 10.9 Å². The molecule has 4 heterocycles. The largest absolute Gasteiger partial charge is 0.314 e. The van der Waals surface area contributed by atoms with E-state index in [0.29, 0.717) is 26.1 Å². The summed E-state index contributed by atoms with van der Waals surface area (Å²) in [4.78, 5) is 18.0. The van der Waals surface area contributed by atoms with Gasteiger partial charge in [-0.15, -0.1) is 0 Å². The molecule has 7 heteroatoms. The molecule has 7 nitrogen and oxygen atoms in total. The van der Waals surface area contributed by atoms with E-state index in [2.05, 4.69) is 16.1 Å². The number of hydroxylamine groups is 2. The number of rotatable bonds is 4. The number of fused-ring (bicyclic) bond motifs is 2. The molecule has 5 rings (SSSR count). The third-order valence-electron chi connectivity index (χ3n) is 6.05. The van der Waals surface area contributed by atoms with Crippen LogP contribution < -0.4 is 5.56 Å². The van der Waals surface area contributed by atoms with Crippen LogP contribution in [-0.4, -0.2) is 42.5 Å². The summed E-state index contributed by atoms with van der Waals surface area (Å²) in [7, 11) is 0. The second-order valence-electron chi connectivity index (χ2n) is 8.01. The van der Waals surface area contributed by atoms with Crippen molar-refractivity contribution < 1.29 is 5.21 Å². The molecule has 0 amide bonds. The van der Waals surface area contributed by atoms with Crippen molar-refractivity contribution in [3.8, 4) is 0 Å². The maximum absolute atomic E-state index is 13.4. The molecule has 0 bridgehead atoms. The van der Waals surface area contributed by atoms with Gasteiger partial charge >= 0.3 is 0 Å². The Bertz CT molecular complexity index is 1210. The molecule has 1 aromatic carbocycles. The molecule has 0 spiro atoms. The third kappa shape index (κ3) is 3.62. The van der Waals surface area contributed by atoms with Gasteiger partial charge in [-0.1, -0.05) is 24.3 Å². The highest BCUT2D eigenvalue weighted by molar-refractivity contribution is 5.84. The molecule has 1 aliphatic heterocycles. The Hall–Kier alpha value is -3.03. The van der Waals surface area contributed by atoms with Gasteiger partial charge in [0.25, 0.3) is 5.56 Å². The minimum Gasteiger partial charge on any atom is -0.314 e. The molecule has 3 aromatic heterocycles. The predicted molar refractivity (Wildman–Crippen MR) is 115 cm³/mol. The Morgan fingerprint density at radius 1 is 1.10 bits per heavy atom. The summed E-state index contributed by atoms with van der Waals surface area (Å²) in [6.07, 6.45) is 9.14. The fourth-order valence-corrected chi connectivity index (χ4v) is 4.48. The van der Waals surface area contributed by atoms with Crippen LogP contribution in [0.3, 0.4) is 0 Å². The lowest BCUT2D eigenvalue weighted by Crippen LogP contribution is -2.25. The number of aryl methyl sites for hydroxylation is 2. The van der Waals surface area contributed by atoms with Crippen molar-refractivity contribution in [3.05, 3.63) is 76.6 Å². The van der Waals surface area contributed by atoms with Gasteiger partial charge < -0.3 is 9.61 Å². The lowest BCUT2D eigenvalue weighted by molar-refractivity contribution is -0.0875. The first-order chi connectivity index (χ1) is 14.7. The summed E-state index contributed by atoms with van der Waals surface area (Å²) >= 11 is 0. The second kappa shape index (κ2) is 8.01. The summed E-state index contributed by atoms with van der Waals surface area (Å²) in [6.45, 7) is 1.81. The number of pyridine rings is 1. The van der Waals surface area contributed by atoms with Crippen LogP contribution in [0, 0.1) is 0 Å². The zero-order valence-corrected chi connectivity index (χ0v) is 16.8. The molecular formula is C23H25N5O2. The highest BCUT2D eigenvalue weighted by atomic mass is 16.5. The van der Waals surface area contributed by atoms with E-state index < -0.39 is 0 Å². The molecule has 0 saturated carbocycles. The van der Waals surface area contributed by atoms with Crippen LogP contribution in [0.5, 0.6) is 0 Å². The average Bonchev–Trinajstić information content (AvgIpc) is 3.06. The number of aromatic nitrogens is 4. The van der Waals surface area contributed by atoms with Crippen LogP contribution in [0.25, 0.3) is 16.4 Å². The van der Waals surface area contributed by atoms with E-state index in [1.807, 2.05) is 47.1 Å². The monoisotopic (exact) mass is 403 g/mol. The van der Waals surface area contributed by atoms with E-state index in [4.69, 9.17) is 0 Å². The molecule has 1 N–H and O–H groups in total. The van der Waals surface area contributed by atoms with Crippen LogP contribution in [0.1, 0.15) is 36.4 Å². The summed E-state index contributed by atoms with van der Waals surface area (Å²) < 4.78 is 3.55. The smallest absolute Gasteiger partial charge is 0.274 e. The fraction of sp³-hybridized carbons (Fsp3) is 0.348. The average molecular weight is 403 g/mol. The topological polar surface area (TPSA) is 75.7 Å². The van der Waals surface area contributed by atoms with Gasteiger partial charge in [-0.3, -0.25) is 4.79 Å². The first-order valence-corrected chi connectivity index (χ1v) is 10.5. The number of benzene rings is 1. The number of imidazole rings is 1. The van der Waals surface area contributed by atoms with Crippen molar-refractivity contribution in [2.75, 3.05) is 13.1 Å².